The standard InChI is InChI=1S/C19H23FN4OS/c1-2-14-7-5-6-10-24(14)17-11-19(22-13-21-17)26-12-18(25)23-16-9-4-3-8-15(16)20/h3-4,8-9,11,13-14H,2,5-7,10,12H2,1H3,(H,23,25)/t14-/m0/s1. The third kappa shape index (κ3) is 4.72. The number of benzene rings is 1. The van der Waals surface area contributed by atoms with Crippen molar-refractivity contribution in [1.29, 1.82) is 0 Å². The first-order valence-corrected chi connectivity index (χ1v) is 9.92. The Morgan fingerprint density at radius 3 is 3.00 bits per heavy atom. The topological polar surface area (TPSA) is 58.1 Å². The molecule has 1 N–H and O–H groups in total. The Morgan fingerprint density at radius 1 is 1.35 bits per heavy atom. The van der Waals surface area contributed by atoms with Crippen LogP contribution in [-0.4, -0.2) is 34.2 Å². The molecule has 0 saturated carbocycles. The van der Waals surface area contributed by atoms with Crippen molar-refractivity contribution in [3.05, 3.63) is 42.5 Å². The molecule has 1 fully saturated rings. The third-order valence-corrected chi connectivity index (χ3v) is 5.44. The van der Waals surface area contributed by atoms with Gasteiger partial charge in [-0.3, -0.25) is 4.79 Å². The van der Waals surface area contributed by atoms with Gasteiger partial charge in [0.25, 0.3) is 0 Å². The number of anilines is 2. The van der Waals surface area contributed by atoms with Gasteiger partial charge in [-0.2, -0.15) is 0 Å². The number of piperidine rings is 1. The van der Waals surface area contributed by atoms with E-state index < -0.39 is 5.82 Å². The van der Waals surface area contributed by atoms with E-state index in [1.807, 2.05) is 6.07 Å². The highest BCUT2D eigenvalue weighted by Crippen LogP contribution is 2.27. The fraction of sp³-hybridized carbons (Fsp3) is 0.421. The number of rotatable bonds is 6. The quantitative estimate of drug-likeness (QED) is 0.609. The van der Waals surface area contributed by atoms with Crippen LogP contribution in [-0.2, 0) is 4.79 Å². The lowest BCUT2D eigenvalue weighted by atomic mass is 10.0. The van der Waals surface area contributed by atoms with E-state index >= 15 is 0 Å². The highest BCUT2D eigenvalue weighted by Gasteiger charge is 2.22. The fourth-order valence-electron chi connectivity index (χ4n) is 3.18. The molecule has 2 aromatic rings. The summed E-state index contributed by atoms with van der Waals surface area (Å²) < 4.78 is 13.6. The lowest BCUT2D eigenvalue weighted by Gasteiger charge is -2.36. The molecule has 0 bridgehead atoms. The van der Waals surface area contributed by atoms with Crippen molar-refractivity contribution in [2.24, 2.45) is 0 Å². The lowest BCUT2D eigenvalue weighted by Crippen LogP contribution is -2.39. The van der Waals surface area contributed by atoms with Gasteiger partial charge in [-0.15, -0.1) is 0 Å². The number of amides is 1. The number of nitrogens with zero attached hydrogens (tertiary/aromatic N) is 3. The SMILES string of the molecule is CC[C@H]1CCCCN1c1cc(SCC(=O)Nc2ccccc2F)ncn1. The maximum Gasteiger partial charge on any atom is 0.234 e. The van der Waals surface area contributed by atoms with Crippen molar-refractivity contribution >= 4 is 29.2 Å². The molecule has 1 aliphatic heterocycles. The summed E-state index contributed by atoms with van der Waals surface area (Å²) in [6, 6.07) is 8.59. The predicted molar refractivity (Wildman–Crippen MR) is 103 cm³/mol. The van der Waals surface area contributed by atoms with Crippen LogP contribution in [0.25, 0.3) is 0 Å². The zero-order valence-corrected chi connectivity index (χ0v) is 15.6. The Kier molecular flexibility index (Phi) is 6.44. The molecule has 1 aromatic heterocycles. The number of nitrogens with one attached hydrogen (secondary N) is 1. The van der Waals surface area contributed by atoms with E-state index in [1.54, 1.807) is 24.5 Å². The van der Waals surface area contributed by atoms with E-state index in [0.29, 0.717) is 6.04 Å². The maximum absolute atomic E-state index is 13.6. The first-order valence-electron chi connectivity index (χ1n) is 8.93. The fourth-order valence-corrected chi connectivity index (χ4v) is 3.84. The average Bonchev–Trinajstić information content (AvgIpc) is 2.68. The maximum atomic E-state index is 13.6. The number of aromatic nitrogens is 2. The van der Waals surface area contributed by atoms with Crippen LogP contribution in [0.5, 0.6) is 0 Å². The monoisotopic (exact) mass is 374 g/mol. The van der Waals surface area contributed by atoms with Crippen LogP contribution < -0.4 is 10.2 Å². The van der Waals surface area contributed by atoms with Gasteiger partial charge in [0, 0.05) is 18.7 Å². The van der Waals surface area contributed by atoms with E-state index in [9.17, 15) is 9.18 Å². The molecule has 0 unspecified atom stereocenters. The van der Waals surface area contributed by atoms with E-state index in [1.165, 1.54) is 37.1 Å². The van der Waals surface area contributed by atoms with Gasteiger partial charge < -0.3 is 10.2 Å². The summed E-state index contributed by atoms with van der Waals surface area (Å²) in [6.45, 7) is 3.21. The zero-order valence-electron chi connectivity index (χ0n) is 14.8. The van der Waals surface area contributed by atoms with Crippen LogP contribution in [0.4, 0.5) is 15.9 Å². The molecule has 0 radical (unpaired) electrons. The average molecular weight is 374 g/mol. The van der Waals surface area contributed by atoms with E-state index in [4.69, 9.17) is 0 Å². The number of carbonyl (C=O) groups excluding carboxylic acids is 1. The normalized spacial score (nSPS) is 17.2. The highest BCUT2D eigenvalue weighted by atomic mass is 32.2. The summed E-state index contributed by atoms with van der Waals surface area (Å²) in [7, 11) is 0. The second-order valence-corrected chi connectivity index (χ2v) is 7.28. The van der Waals surface area contributed by atoms with Crippen molar-refractivity contribution in [3.8, 4) is 0 Å². The van der Waals surface area contributed by atoms with Gasteiger partial charge in [-0.25, -0.2) is 14.4 Å². The smallest absolute Gasteiger partial charge is 0.234 e. The molecule has 26 heavy (non-hydrogen) atoms. The number of hydrogen-bond acceptors (Lipinski definition) is 5. The third-order valence-electron chi connectivity index (χ3n) is 4.52. The molecule has 7 heteroatoms. The zero-order chi connectivity index (χ0) is 18.4. The van der Waals surface area contributed by atoms with Crippen LogP contribution >= 0.6 is 11.8 Å². The molecule has 1 amide bonds. The Labute approximate surface area is 157 Å². The Hall–Kier alpha value is -2.15. The number of hydrogen-bond donors (Lipinski definition) is 1. The van der Waals surface area contributed by atoms with Gasteiger partial charge >= 0.3 is 0 Å². The van der Waals surface area contributed by atoms with Gasteiger partial charge in [0.05, 0.1) is 11.4 Å². The first kappa shape index (κ1) is 18.6. The van der Waals surface area contributed by atoms with E-state index in [2.05, 4.69) is 27.1 Å². The molecule has 3 rings (SSSR count). The molecule has 1 saturated heterocycles. The van der Waals surface area contributed by atoms with Crippen LogP contribution in [0.2, 0.25) is 0 Å². The van der Waals surface area contributed by atoms with Gasteiger partial charge in [-0.1, -0.05) is 30.8 Å². The van der Waals surface area contributed by atoms with Crippen molar-refractivity contribution < 1.29 is 9.18 Å². The summed E-state index contributed by atoms with van der Waals surface area (Å²) in [4.78, 5) is 23.1. The molecule has 1 aliphatic rings. The van der Waals surface area contributed by atoms with Crippen LogP contribution in [0.3, 0.4) is 0 Å². The molecule has 2 heterocycles. The Bertz CT molecular complexity index is 758. The number of halogens is 1. The number of para-hydroxylation sites is 1. The molecule has 0 aliphatic carbocycles. The van der Waals surface area contributed by atoms with Gasteiger partial charge in [0.2, 0.25) is 5.91 Å². The minimum absolute atomic E-state index is 0.169. The van der Waals surface area contributed by atoms with Crippen molar-refractivity contribution in [2.75, 3.05) is 22.5 Å². The van der Waals surface area contributed by atoms with Crippen molar-refractivity contribution in [1.82, 2.24) is 9.97 Å². The summed E-state index contributed by atoms with van der Waals surface area (Å²) in [5.41, 5.74) is 0.195. The molecule has 0 spiro atoms. The lowest BCUT2D eigenvalue weighted by molar-refractivity contribution is -0.113. The predicted octanol–water partition coefficient (Wildman–Crippen LogP) is 4.12. The van der Waals surface area contributed by atoms with Gasteiger partial charge in [0.1, 0.15) is 23.0 Å². The molecule has 138 valence electrons. The molecular weight excluding hydrogens is 351 g/mol. The number of thioether (sulfide) groups is 1. The van der Waals surface area contributed by atoms with E-state index in [-0.39, 0.29) is 17.3 Å². The first-order chi connectivity index (χ1) is 12.7. The van der Waals surface area contributed by atoms with Gasteiger partial charge in [0.15, 0.2) is 0 Å². The summed E-state index contributed by atoms with van der Waals surface area (Å²) >= 11 is 1.33. The Morgan fingerprint density at radius 2 is 2.19 bits per heavy atom. The minimum Gasteiger partial charge on any atom is -0.354 e. The second-order valence-electron chi connectivity index (χ2n) is 6.28. The van der Waals surface area contributed by atoms with Gasteiger partial charge in [-0.05, 0) is 37.8 Å². The Balaban J connectivity index is 1.60. The molecular formula is C19H23FN4OS. The molecule has 1 atom stereocenters. The largest absolute Gasteiger partial charge is 0.354 e. The van der Waals surface area contributed by atoms with Crippen LogP contribution in [0.1, 0.15) is 32.6 Å². The summed E-state index contributed by atoms with van der Waals surface area (Å²) in [6.07, 6.45) is 6.27. The van der Waals surface area contributed by atoms with Crippen molar-refractivity contribution in [2.45, 2.75) is 43.7 Å². The summed E-state index contributed by atoms with van der Waals surface area (Å²) in [5.74, 6) is 0.390. The van der Waals surface area contributed by atoms with Crippen molar-refractivity contribution in [3.63, 3.8) is 0 Å². The summed E-state index contributed by atoms with van der Waals surface area (Å²) in [5, 5.41) is 3.34. The molecule has 1 aromatic carbocycles. The number of carbonyl (C=O) groups is 1. The highest BCUT2D eigenvalue weighted by molar-refractivity contribution is 7.99. The van der Waals surface area contributed by atoms with Crippen LogP contribution in [0, 0.1) is 5.82 Å². The second kappa shape index (κ2) is 8.98. The molecule has 5 nitrogen and oxygen atoms in total. The van der Waals surface area contributed by atoms with E-state index in [0.717, 1.165) is 23.8 Å². The minimum atomic E-state index is -0.439. The van der Waals surface area contributed by atoms with Crippen LogP contribution in [0.15, 0.2) is 41.7 Å².